The van der Waals surface area contributed by atoms with Crippen LogP contribution in [0.1, 0.15) is 60.8 Å². The molecule has 0 radical (unpaired) electrons. The molecule has 1 fully saturated rings. The molecule has 3 N–H and O–H groups in total. The molecule has 6 aliphatic heterocycles. The molecule has 9 aromatic heterocycles. The summed E-state index contributed by atoms with van der Waals surface area (Å²) < 4.78 is 27.6. The van der Waals surface area contributed by atoms with E-state index in [1.54, 1.807) is 46.7 Å². The number of rotatable bonds is 7. The van der Waals surface area contributed by atoms with Gasteiger partial charge in [0, 0.05) is 112 Å². The fourth-order valence-corrected chi connectivity index (χ4v) is 14.0. The second kappa shape index (κ2) is 31.3. The van der Waals surface area contributed by atoms with Crippen molar-refractivity contribution in [3.63, 3.8) is 0 Å². The molecule has 28 nitrogen and oxygen atoms in total. The summed E-state index contributed by atoms with van der Waals surface area (Å²) in [6.45, 7) is 11.2. The van der Waals surface area contributed by atoms with E-state index < -0.39 is 0 Å². The summed E-state index contributed by atoms with van der Waals surface area (Å²) in [6, 6.07) is 37.7. The van der Waals surface area contributed by atoms with Gasteiger partial charge in [0.2, 0.25) is 35.5 Å². The van der Waals surface area contributed by atoms with Gasteiger partial charge in [-0.25, -0.2) is 43.0 Å². The van der Waals surface area contributed by atoms with Crippen molar-refractivity contribution in [2.75, 3.05) is 101 Å². The molecule has 1 saturated heterocycles. The van der Waals surface area contributed by atoms with E-state index in [0.29, 0.717) is 125 Å². The van der Waals surface area contributed by atoms with E-state index in [-0.39, 0.29) is 16.7 Å². The van der Waals surface area contributed by atoms with Crippen molar-refractivity contribution in [2.24, 2.45) is 0 Å². The molecule has 0 atom stereocenters. The summed E-state index contributed by atoms with van der Waals surface area (Å²) in [5, 5.41) is 11.3. The first kappa shape index (κ1) is 69.2. The Labute approximate surface area is 616 Å². The van der Waals surface area contributed by atoms with Crippen LogP contribution in [0.3, 0.4) is 0 Å². The Morgan fingerprint density at radius 3 is 1.21 bits per heavy atom. The summed E-state index contributed by atoms with van der Waals surface area (Å²) in [5.41, 5.74) is 10.3. The van der Waals surface area contributed by atoms with Gasteiger partial charge in [0.05, 0.1) is 39.5 Å². The monoisotopic (exact) mass is 1440 g/mol. The van der Waals surface area contributed by atoms with Gasteiger partial charge in [0.15, 0.2) is 34.4 Å². The van der Waals surface area contributed by atoms with Gasteiger partial charge < -0.3 is 49.8 Å². The number of benzene rings is 3. The molecule has 0 saturated carbocycles. The van der Waals surface area contributed by atoms with Crippen LogP contribution in [0.5, 0.6) is 17.6 Å². The Morgan fingerprint density at radius 2 is 0.766 bits per heavy atom. The lowest BCUT2D eigenvalue weighted by Crippen LogP contribution is -2.44. The fraction of sp³-hybridized carbons (Fsp3) is 0.316. The lowest BCUT2D eigenvalue weighted by molar-refractivity contribution is 0.299. The van der Waals surface area contributed by atoms with Crippen LogP contribution in [0.25, 0.3) is 50.6 Å². The molecular formula is C79H84N22O6. The Bertz CT molecular complexity index is 5530. The second-order valence-corrected chi connectivity index (χ2v) is 27.4. The maximum atomic E-state index is 13.3. The zero-order chi connectivity index (χ0) is 72.7. The molecule has 3 aromatic carbocycles. The minimum atomic E-state index is -0.159. The third kappa shape index (κ3) is 15.4. The van der Waals surface area contributed by atoms with E-state index in [9.17, 15) is 14.4 Å². The normalized spacial score (nSPS) is 16.2. The van der Waals surface area contributed by atoms with Crippen LogP contribution in [0, 0.1) is 0 Å². The Kier molecular flexibility index (Phi) is 20.2. The van der Waals surface area contributed by atoms with E-state index in [4.69, 9.17) is 29.2 Å². The van der Waals surface area contributed by atoms with Crippen LogP contribution < -0.4 is 51.7 Å². The lowest BCUT2D eigenvalue weighted by Gasteiger charge is -2.34. The van der Waals surface area contributed by atoms with Crippen LogP contribution in [0.2, 0.25) is 0 Å². The number of likely N-dealkylation sites (N-methyl/N-ethyl adjacent to an activating group) is 3. The van der Waals surface area contributed by atoms with Gasteiger partial charge >= 0.3 is 0 Å². The minimum absolute atomic E-state index is 0.153. The first-order chi connectivity index (χ1) is 52.5. The molecule has 0 aliphatic carbocycles. The summed E-state index contributed by atoms with van der Waals surface area (Å²) in [7, 11) is 6.43. The molecular weight excluding hydrogens is 1350 g/mol. The van der Waals surface area contributed by atoms with Crippen LogP contribution in [0.4, 0.5) is 40.6 Å². The molecule has 107 heavy (non-hydrogen) atoms. The van der Waals surface area contributed by atoms with Crippen LogP contribution in [-0.4, -0.2) is 168 Å². The van der Waals surface area contributed by atoms with Gasteiger partial charge in [-0.2, -0.15) is 29.9 Å². The standard InChI is InChI=1S/C27H30N8O2.2C26H27N7O2/c1-32-14-16-33(17-15-32)21-11-9-20(10-12-21)29-27-28-19-22-25(31-27)35-23-7-6-8-24(30-23)37-18-5-3-2-4-13-34(35)26(22)36;1-31-13-11-18-15-20(10-9-19(18)17-31)28-26-27-16-21-24(30-26)33-22-7-6-8-23(29-22)35-14-5-3-2-4-12-32(33)25(21)34;1-31-13-11-18-9-10-20(15-19(18)17-31)28-26-27-16-21-24(30-26)33-22-7-6-8-23(29-22)35-14-5-3-2-4-12-32(33)25(21)34/h2,4,6-12,19H,3,5,13-18H2,1H3,(H,28,29,31);2*2,4,6-10,15-16H,3,5,11-14,17H2,1H3,(H,27,28,30). The molecule has 6 aliphatic rings. The molecule has 28 heteroatoms. The molecule has 0 spiro atoms. The van der Waals surface area contributed by atoms with Crippen molar-refractivity contribution in [1.82, 2.24) is 87.6 Å². The third-order valence-corrected chi connectivity index (χ3v) is 19.8. The van der Waals surface area contributed by atoms with E-state index in [1.165, 1.54) is 27.9 Å². The highest BCUT2D eigenvalue weighted by atomic mass is 16.5. The Hall–Kier alpha value is -12.1. The van der Waals surface area contributed by atoms with Crippen molar-refractivity contribution in [1.29, 1.82) is 0 Å². The molecule has 0 unspecified atom stereocenters. The molecule has 15 heterocycles. The van der Waals surface area contributed by atoms with E-state index >= 15 is 0 Å². The fourth-order valence-electron chi connectivity index (χ4n) is 14.0. The smallest absolute Gasteiger partial charge is 0.278 e. The number of nitrogens with zero attached hydrogens (tertiary/aromatic N) is 19. The van der Waals surface area contributed by atoms with Crippen LogP contribution in [-0.2, 0) is 45.6 Å². The number of aromatic nitrogens is 15. The SMILES string of the molecule is CN1CCN(c2ccc(Nc3ncc4c(=O)n5n(c4n3)-c3cccc(n3)OCCCC=CC5)cc2)CC1.CN1CCc2cc(Nc3ncc4c(=O)n5n(c4n3)-c3cccc(n3)OCCCC=CC5)ccc2C1.CN1CCc2ccc(Nc3ncc4c(=O)n5n(c4n3)-c3cccc(n3)OCCCC=CC5)cc2C1. The van der Waals surface area contributed by atoms with Gasteiger partial charge in [0.1, 0.15) is 16.2 Å². The lowest BCUT2D eigenvalue weighted by atomic mass is 9.99. The van der Waals surface area contributed by atoms with Crippen molar-refractivity contribution in [3.8, 4) is 35.1 Å². The summed E-state index contributed by atoms with van der Waals surface area (Å²) in [4.78, 5) is 90.8. The van der Waals surface area contributed by atoms with Gasteiger partial charge in [-0.15, -0.1) is 0 Å². The highest BCUT2D eigenvalue weighted by molar-refractivity contribution is 5.79. The number of anilines is 7. The Morgan fingerprint density at radius 1 is 0.374 bits per heavy atom. The number of fused-ring (bicyclic) bond motifs is 20. The maximum absolute atomic E-state index is 13.3. The molecule has 18 rings (SSSR count). The summed E-state index contributed by atoms with van der Waals surface area (Å²) >= 11 is 0. The van der Waals surface area contributed by atoms with Crippen molar-refractivity contribution < 1.29 is 14.2 Å². The highest BCUT2D eigenvalue weighted by Gasteiger charge is 2.25. The molecule has 12 aromatic rings. The number of hydrogen-bond acceptors (Lipinski definition) is 22. The number of ether oxygens (including phenoxy) is 3. The van der Waals surface area contributed by atoms with Crippen molar-refractivity contribution in [2.45, 2.75) is 84.1 Å². The van der Waals surface area contributed by atoms with Crippen LogP contribution in [0.15, 0.2) is 185 Å². The summed E-state index contributed by atoms with van der Waals surface area (Å²) in [5.74, 6) is 4.57. The number of pyridine rings is 3. The molecule has 546 valence electrons. The summed E-state index contributed by atoms with van der Waals surface area (Å²) in [6.07, 6.45) is 24.3. The van der Waals surface area contributed by atoms with Crippen molar-refractivity contribution in [3.05, 3.63) is 224 Å². The minimum Gasteiger partial charge on any atom is -0.478 e. The average molecular weight is 1440 g/mol. The second-order valence-electron chi connectivity index (χ2n) is 27.4. The first-order valence-corrected chi connectivity index (χ1v) is 36.6. The average Bonchev–Trinajstić information content (AvgIpc) is 1.62. The van der Waals surface area contributed by atoms with E-state index in [0.717, 1.165) is 121 Å². The molecule has 0 amide bonds. The zero-order valence-electron chi connectivity index (χ0n) is 60.2. The number of piperazine rings is 1. The van der Waals surface area contributed by atoms with E-state index in [1.807, 2.05) is 85.0 Å². The number of nitrogens with one attached hydrogen (secondary N) is 3. The predicted molar refractivity (Wildman–Crippen MR) is 413 cm³/mol. The Balaban J connectivity index is 0.000000123. The third-order valence-electron chi connectivity index (χ3n) is 19.8. The quantitative estimate of drug-likeness (QED) is 0.125. The van der Waals surface area contributed by atoms with E-state index in [2.05, 4.69) is 153 Å². The van der Waals surface area contributed by atoms with Crippen molar-refractivity contribution >= 4 is 73.7 Å². The number of hydrogen-bond donors (Lipinski definition) is 3. The maximum Gasteiger partial charge on any atom is 0.278 e. The number of allylic oxidation sites excluding steroid dienone is 6. The van der Waals surface area contributed by atoms with Gasteiger partial charge in [-0.05, 0) is 161 Å². The van der Waals surface area contributed by atoms with Crippen LogP contribution >= 0.6 is 0 Å². The topological polar surface area (TPSA) is 274 Å². The molecule has 6 bridgehead atoms. The first-order valence-electron chi connectivity index (χ1n) is 36.6. The van der Waals surface area contributed by atoms with Gasteiger partial charge in [-0.3, -0.25) is 14.4 Å². The zero-order valence-corrected chi connectivity index (χ0v) is 60.2. The highest BCUT2D eigenvalue weighted by Crippen LogP contribution is 2.30. The van der Waals surface area contributed by atoms with Gasteiger partial charge in [-0.1, -0.05) is 66.8 Å². The van der Waals surface area contributed by atoms with Gasteiger partial charge in [0.25, 0.3) is 16.7 Å². The largest absolute Gasteiger partial charge is 0.478 e. The predicted octanol–water partition coefficient (Wildman–Crippen LogP) is 10.1.